The van der Waals surface area contributed by atoms with E-state index >= 15 is 0 Å². The van der Waals surface area contributed by atoms with E-state index in [1.54, 1.807) is 11.8 Å². The smallest absolute Gasteiger partial charge is 0.263 e. The molecule has 0 spiro atoms. The number of nitrogens with zero attached hydrogens (tertiary/aromatic N) is 1. The minimum Gasteiger partial charge on any atom is -0.481 e. The van der Waals surface area contributed by atoms with Crippen molar-refractivity contribution in [2.75, 3.05) is 13.1 Å². The van der Waals surface area contributed by atoms with Gasteiger partial charge in [0.05, 0.1) is 0 Å². The normalized spacial score (nSPS) is 17.3. The lowest BCUT2D eigenvalue weighted by Crippen LogP contribution is -2.46. The molecule has 0 aliphatic carbocycles. The van der Waals surface area contributed by atoms with Crippen LogP contribution in [0.3, 0.4) is 0 Å². The molecule has 0 saturated carbocycles. The van der Waals surface area contributed by atoms with Crippen molar-refractivity contribution in [1.82, 2.24) is 4.90 Å². The van der Waals surface area contributed by atoms with E-state index in [9.17, 15) is 9.59 Å². The maximum absolute atomic E-state index is 12.3. The molecule has 114 valence electrons. The minimum absolute atomic E-state index is 0.0575. The molecule has 2 rings (SSSR count). The van der Waals surface area contributed by atoms with E-state index in [2.05, 4.69) is 15.9 Å². The number of halogens is 1. The highest BCUT2D eigenvalue weighted by molar-refractivity contribution is 9.10. The Morgan fingerprint density at radius 3 is 2.62 bits per heavy atom. The van der Waals surface area contributed by atoms with Crippen molar-refractivity contribution < 1.29 is 14.3 Å². The number of benzene rings is 1. The third-order valence-electron chi connectivity index (χ3n) is 3.67. The molecule has 6 heteroatoms. The number of hydrogen-bond donors (Lipinski definition) is 1. The van der Waals surface area contributed by atoms with Crippen LogP contribution in [0, 0.1) is 5.92 Å². The Hall–Kier alpha value is -1.56. The first kappa shape index (κ1) is 15.8. The van der Waals surface area contributed by atoms with E-state index in [0.29, 0.717) is 31.7 Å². The maximum atomic E-state index is 12.3. The van der Waals surface area contributed by atoms with Gasteiger partial charge in [-0.3, -0.25) is 9.59 Å². The lowest BCUT2D eigenvalue weighted by atomic mass is 9.96. The van der Waals surface area contributed by atoms with E-state index in [0.717, 1.165) is 4.47 Å². The number of rotatable bonds is 4. The molecular formula is C15H19BrN2O3. The van der Waals surface area contributed by atoms with Crippen LogP contribution in [-0.2, 0) is 9.59 Å². The van der Waals surface area contributed by atoms with Crippen molar-refractivity contribution in [3.8, 4) is 5.75 Å². The standard InChI is InChI=1S/C15H19BrN2O3/c1-10(21-13-4-2-3-12(16)9-13)15(20)18-7-5-11(6-8-18)14(17)19/h2-4,9-11H,5-8H2,1H3,(H2,17,19). The number of hydrogen-bond acceptors (Lipinski definition) is 3. The van der Waals surface area contributed by atoms with Crippen molar-refractivity contribution in [2.24, 2.45) is 11.7 Å². The van der Waals surface area contributed by atoms with Crippen LogP contribution in [0.15, 0.2) is 28.7 Å². The molecule has 1 unspecified atom stereocenters. The number of ether oxygens (including phenoxy) is 1. The van der Waals surface area contributed by atoms with Gasteiger partial charge in [0.2, 0.25) is 5.91 Å². The second-order valence-electron chi connectivity index (χ2n) is 5.22. The lowest BCUT2D eigenvalue weighted by molar-refractivity contribution is -0.140. The van der Waals surface area contributed by atoms with E-state index in [1.165, 1.54) is 0 Å². The van der Waals surface area contributed by atoms with Crippen LogP contribution in [0.5, 0.6) is 5.75 Å². The zero-order valence-corrected chi connectivity index (χ0v) is 13.5. The minimum atomic E-state index is -0.551. The Bertz CT molecular complexity index is 527. The summed E-state index contributed by atoms with van der Waals surface area (Å²) >= 11 is 3.37. The molecule has 2 N–H and O–H groups in total. The highest BCUT2D eigenvalue weighted by Crippen LogP contribution is 2.21. The van der Waals surface area contributed by atoms with Gasteiger partial charge in [-0.15, -0.1) is 0 Å². The molecule has 0 radical (unpaired) electrons. The second-order valence-corrected chi connectivity index (χ2v) is 6.14. The molecule has 1 fully saturated rings. The predicted molar refractivity (Wildman–Crippen MR) is 82.7 cm³/mol. The summed E-state index contributed by atoms with van der Waals surface area (Å²) in [5.41, 5.74) is 5.29. The van der Waals surface area contributed by atoms with E-state index < -0.39 is 6.10 Å². The van der Waals surface area contributed by atoms with Crippen molar-refractivity contribution in [3.63, 3.8) is 0 Å². The number of likely N-dealkylation sites (tertiary alicyclic amines) is 1. The van der Waals surface area contributed by atoms with Crippen LogP contribution >= 0.6 is 15.9 Å². The first-order valence-corrected chi connectivity index (χ1v) is 7.77. The fraction of sp³-hybridized carbons (Fsp3) is 0.467. The summed E-state index contributed by atoms with van der Waals surface area (Å²) in [6, 6.07) is 7.39. The second kappa shape index (κ2) is 6.93. The molecule has 1 aromatic carbocycles. The topological polar surface area (TPSA) is 72.6 Å². The van der Waals surface area contributed by atoms with Gasteiger partial charge < -0.3 is 15.4 Å². The Kier molecular flexibility index (Phi) is 5.22. The zero-order valence-electron chi connectivity index (χ0n) is 11.9. The first-order chi connectivity index (χ1) is 9.97. The van der Waals surface area contributed by atoms with Gasteiger partial charge in [-0.05, 0) is 38.0 Å². The van der Waals surface area contributed by atoms with Gasteiger partial charge >= 0.3 is 0 Å². The maximum Gasteiger partial charge on any atom is 0.263 e. The third-order valence-corrected chi connectivity index (χ3v) is 4.16. The Morgan fingerprint density at radius 1 is 1.38 bits per heavy atom. The van der Waals surface area contributed by atoms with Gasteiger partial charge in [0.1, 0.15) is 5.75 Å². The average molecular weight is 355 g/mol. The van der Waals surface area contributed by atoms with Crippen LogP contribution in [0.2, 0.25) is 0 Å². The average Bonchev–Trinajstić information content (AvgIpc) is 2.46. The molecule has 1 aliphatic rings. The monoisotopic (exact) mass is 354 g/mol. The quantitative estimate of drug-likeness (QED) is 0.897. The van der Waals surface area contributed by atoms with E-state index in [4.69, 9.17) is 10.5 Å². The summed E-state index contributed by atoms with van der Waals surface area (Å²) < 4.78 is 6.58. The number of carbonyl (C=O) groups is 2. The highest BCUT2D eigenvalue weighted by atomic mass is 79.9. The largest absolute Gasteiger partial charge is 0.481 e. The molecule has 1 saturated heterocycles. The van der Waals surface area contributed by atoms with Crippen LogP contribution < -0.4 is 10.5 Å². The molecule has 0 aromatic heterocycles. The van der Waals surface area contributed by atoms with Crippen molar-refractivity contribution in [2.45, 2.75) is 25.9 Å². The fourth-order valence-electron chi connectivity index (χ4n) is 2.44. The molecule has 2 amide bonds. The molecule has 1 heterocycles. The first-order valence-electron chi connectivity index (χ1n) is 6.97. The molecule has 21 heavy (non-hydrogen) atoms. The summed E-state index contributed by atoms with van der Waals surface area (Å²) in [6.07, 6.45) is 0.708. The van der Waals surface area contributed by atoms with Crippen LogP contribution in [0.4, 0.5) is 0 Å². The zero-order chi connectivity index (χ0) is 15.4. The molecule has 1 atom stereocenters. The van der Waals surface area contributed by atoms with Crippen LogP contribution in [0.1, 0.15) is 19.8 Å². The van der Waals surface area contributed by atoms with Crippen LogP contribution in [-0.4, -0.2) is 35.9 Å². The van der Waals surface area contributed by atoms with E-state index in [-0.39, 0.29) is 17.7 Å². The Labute approximate surface area is 132 Å². The molecule has 5 nitrogen and oxygen atoms in total. The van der Waals surface area contributed by atoms with Crippen LogP contribution in [0.25, 0.3) is 0 Å². The van der Waals surface area contributed by atoms with Gasteiger partial charge in [-0.1, -0.05) is 22.0 Å². The summed E-state index contributed by atoms with van der Waals surface area (Å²) in [5, 5.41) is 0. The van der Waals surface area contributed by atoms with Crippen molar-refractivity contribution >= 4 is 27.7 Å². The summed E-state index contributed by atoms with van der Waals surface area (Å²) in [5.74, 6) is 0.200. The number of piperidine rings is 1. The fourth-order valence-corrected chi connectivity index (χ4v) is 2.81. The summed E-state index contributed by atoms with van der Waals surface area (Å²) in [6.45, 7) is 2.85. The van der Waals surface area contributed by atoms with Gasteiger partial charge in [0, 0.05) is 23.5 Å². The Morgan fingerprint density at radius 2 is 2.05 bits per heavy atom. The van der Waals surface area contributed by atoms with E-state index in [1.807, 2.05) is 24.3 Å². The lowest BCUT2D eigenvalue weighted by Gasteiger charge is -2.32. The van der Waals surface area contributed by atoms with Gasteiger partial charge in [0.25, 0.3) is 5.91 Å². The summed E-state index contributed by atoms with van der Waals surface area (Å²) in [7, 11) is 0. The highest BCUT2D eigenvalue weighted by Gasteiger charge is 2.28. The van der Waals surface area contributed by atoms with Crippen molar-refractivity contribution in [3.05, 3.63) is 28.7 Å². The van der Waals surface area contributed by atoms with Crippen molar-refractivity contribution in [1.29, 1.82) is 0 Å². The van der Waals surface area contributed by atoms with Gasteiger partial charge in [-0.2, -0.15) is 0 Å². The number of carbonyl (C=O) groups excluding carboxylic acids is 2. The number of primary amides is 1. The molecular weight excluding hydrogens is 336 g/mol. The Balaban J connectivity index is 1.90. The SMILES string of the molecule is CC(Oc1cccc(Br)c1)C(=O)N1CCC(C(N)=O)CC1. The van der Waals surface area contributed by atoms with Gasteiger partial charge in [-0.25, -0.2) is 0 Å². The molecule has 1 aromatic rings. The predicted octanol–water partition coefficient (Wildman–Crippen LogP) is 1.94. The number of nitrogens with two attached hydrogens (primary N) is 1. The molecule has 1 aliphatic heterocycles. The summed E-state index contributed by atoms with van der Waals surface area (Å²) in [4.78, 5) is 25.2. The third kappa shape index (κ3) is 4.20. The van der Waals surface area contributed by atoms with Gasteiger partial charge in [0.15, 0.2) is 6.10 Å². The number of amides is 2. The molecule has 0 bridgehead atoms.